The summed E-state index contributed by atoms with van der Waals surface area (Å²) in [6, 6.07) is 8.73. The summed E-state index contributed by atoms with van der Waals surface area (Å²) in [6.45, 7) is 3.18. The van der Waals surface area contributed by atoms with Gasteiger partial charge in [0.25, 0.3) is 0 Å². The molecule has 0 spiro atoms. The number of ketones is 1. The number of rotatable bonds is 7. The molecule has 2 aromatic heterocycles. The van der Waals surface area contributed by atoms with Gasteiger partial charge in [-0.05, 0) is 49.9 Å². The van der Waals surface area contributed by atoms with Crippen LogP contribution in [0.3, 0.4) is 0 Å². The molecule has 0 atom stereocenters. The Hall–Kier alpha value is -3.51. The predicted octanol–water partition coefficient (Wildman–Crippen LogP) is 5.07. The number of nitrogens with zero attached hydrogens (tertiary/aromatic N) is 5. The van der Waals surface area contributed by atoms with E-state index in [1.807, 2.05) is 18.0 Å². The van der Waals surface area contributed by atoms with E-state index < -0.39 is 11.7 Å². The van der Waals surface area contributed by atoms with Crippen LogP contribution in [-0.2, 0) is 18.0 Å². The van der Waals surface area contributed by atoms with E-state index in [0.29, 0.717) is 45.2 Å². The molecule has 2 aromatic carbocycles. The van der Waals surface area contributed by atoms with Gasteiger partial charge in [-0.2, -0.15) is 13.2 Å². The number of imidazole rings is 1. The number of likely N-dealkylation sites (N-methyl/N-ethyl adjacent to an activating group) is 1. The summed E-state index contributed by atoms with van der Waals surface area (Å²) in [5.41, 5.74) is 1.66. The largest absolute Gasteiger partial charge is 0.416 e. The average molecular weight is 545 g/mol. The second kappa shape index (κ2) is 10.3. The Morgan fingerprint density at radius 2 is 1.74 bits per heavy atom. The number of nitrogens with one attached hydrogen (secondary N) is 1. The summed E-state index contributed by atoms with van der Waals surface area (Å²) in [5, 5.41) is 3.50. The van der Waals surface area contributed by atoms with Crippen LogP contribution in [0.15, 0.2) is 36.4 Å². The Bertz CT molecular complexity index is 1500. The molecule has 1 fully saturated rings. The lowest BCUT2D eigenvalue weighted by molar-refractivity contribution is -0.137. The van der Waals surface area contributed by atoms with Crippen LogP contribution in [-0.4, -0.2) is 69.3 Å². The van der Waals surface area contributed by atoms with Gasteiger partial charge in [-0.15, -0.1) is 0 Å². The van der Waals surface area contributed by atoms with E-state index in [-0.39, 0.29) is 18.1 Å². The summed E-state index contributed by atoms with van der Waals surface area (Å²) in [5.74, 6) is 0.494. The van der Waals surface area contributed by atoms with Crippen LogP contribution >= 0.6 is 11.3 Å². The molecule has 1 N–H and O–H groups in total. The molecule has 1 saturated heterocycles. The number of carbonyl (C=O) groups excluding carboxylic acids is 2. The summed E-state index contributed by atoms with van der Waals surface area (Å²) in [6.07, 6.45) is -3.31. The maximum absolute atomic E-state index is 13.0. The van der Waals surface area contributed by atoms with Gasteiger partial charge in [-0.25, -0.2) is 9.97 Å². The van der Waals surface area contributed by atoms with E-state index in [1.165, 1.54) is 6.07 Å². The number of aryl methyl sites for hydroxylation is 1. The van der Waals surface area contributed by atoms with Crippen LogP contribution in [0.5, 0.6) is 0 Å². The number of anilines is 2. The molecule has 1 aliphatic rings. The van der Waals surface area contributed by atoms with Gasteiger partial charge >= 0.3 is 6.18 Å². The minimum absolute atomic E-state index is 0.0510. The first kappa shape index (κ1) is 26.1. The Morgan fingerprint density at radius 3 is 2.47 bits per heavy atom. The molecular formula is C26H27F3N6O2S. The zero-order valence-electron chi connectivity index (χ0n) is 21.0. The van der Waals surface area contributed by atoms with Crippen molar-refractivity contribution in [3.63, 3.8) is 0 Å². The second-order valence-corrected chi connectivity index (χ2v) is 10.5. The first-order chi connectivity index (χ1) is 18.1. The van der Waals surface area contributed by atoms with E-state index in [2.05, 4.69) is 20.2 Å². The van der Waals surface area contributed by atoms with Crippen LogP contribution in [0.2, 0.25) is 0 Å². The Labute approximate surface area is 221 Å². The Balaban J connectivity index is 1.24. The van der Waals surface area contributed by atoms with E-state index >= 15 is 0 Å². The van der Waals surface area contributed by atoms with E-state index in [0.717, 1.165) is 55.2 Å². The molecule has 0 radical (unpaired) electrons. The molecule has 0 unspecified atom stereocenters. The number of aromatic nitrogens is 3. The number of fused-ring (bicyclic) bond motifs is 2. The fraction of sp³-hybridized carbons (Fsp3) is 0.385. The number of Topliss-reactive ketones (excluding diaryl/α,β-unsaturated/α-hetero) is 1. The number of benzene rings is 2. The van der Waals surface area contributed by atoms with Gasteiger partial charge in [0.05, 0.1) is 26.8 Å². The molecule has 200 valence electrons. The topological polar surface area (TPSA) is 83.4 Å². The number of hydrogen-bond acceptors (Lipinski definition) is 7. The standard InChI is InChI=1S/C26H27F3N6O2S/c1-33-10-12-35(13-11-33)23(37)5-3-4-21(36)16-6-9-20-19(14-16)30-24(34(20)2)32-25-31-18-8-7-17(26(27,28)29)15-22(18)38-25/h6-9,14-15H,3-5,10-13H2,1-2H3,(H,30,31,32). The highest BCUT2D eigenvalue weighted by Gasteiger charge is 2.30. The summed E-state index contributed by atoms with van der Waals surface area (Å²) < 4.78 is 41.3. The van der Waals surface area contributed by atoms with Crippen molar-refractivity contribution in [1.82, 2.24) is 24.3 Å². The summed E-state index contributed by atoms with van der Waals surface area (Å²) in [7, 11) is 3.84. The van der Waals surface area contributed by atoms with Crippen LogP contribution < -0.4 is 5.32 Å². The van der Waals surface area contributed by atoms with Gasteiger partial charge in [0.2, 0.25) is 11.9 Å². The third kappa shape index (κ3) is 5.51. The number of carbonyl (C=O) groups is 2. The van der Waals surface area contributed by atoms with Crippen LogP contribution in [0.25, 0.3) is 21.3 Å². The highest BCUT2D eigenvalue weighted by atomic mass is 32.1. The van der Waals surface area contributed by atoms with Crippen molar-refractivity contribution < 1.29 is 22.8 Å². The number of piperazine rings is 1. The maximum atomic E-state index is 13.0. The lowest BCUT2D eigenvalue weighted by atomic mass is 10.0. The van der Waals surface area contributed by atoms with Gasteiger partial charge in [0.15, 0.2) is 10.9 Å². The molecule has 3 heterocycles. The van der Waals surface area contributed by atoms with Crippen molar-refractivity contribution in [2.45, 2.75) is 25.4 Å². The predicted molar refractivity (Wildman–Crippen MR) is 141 cm³/mol. The second-order valence-electron chi connectivity index (χ2n) is 9.48. The maximum Gasteiger partial charge on any atom is 0.416 e. The van der Waals surface area contributed by atoms with Crippen LogP contribution in [0.1, 0.15) is 35.2 Å². The normalized spacial score (nSPS) is 14.9. The third-order valence-electron chi connectivity index (χ3n) is 6.79. The van der Waals surface area contributed by atoms with Crippen molar-refractivity contribution >= 4 is 55.4 Å². The minimum Gasteiger partial charge on any atom is -0.340 e. The fourth-order valence-electron chi connectivity index (χ4n) is 4.49. The van der Waals surface area contributed by atoms with E-state index in [4.69, 9.17) is 0 Å². The zero-order valence-corrected chi connectivity index (χ0v) is 21.8. The molecule has 0 saturated carbocycles. The monoisotopic (exact) mass is 544 g/mol. The molecular weight excluding hydrogens is 517 g/mol. The number of amides is 1. The quantitative estimate of drug-likeness (QED) is 0.327. The van der Waals surface area contributed by atoms with Gasteiger partial charge in [0.1, 0.15) is 0 Å². The van der Waals surface area contributed by atoms with Crippen molar-refractivity contribution in [2.24, 2.45) is 7.05 Å². The molecule has 4 aromatic rings. The van der Waals surface area contributed by atoms with Gasteiger partial charge in [-0.3, -0.25) is 9.59 Å². The van der Waals surface area contributed by atoms with Crippen molar-refractivity contribution in [2.75, 3.05) is 38.5 Å². The Kier molecular flexibility index (Phi) is 7.10. The minimum atomic E-state index is -4.42. The molecule has 1 amide bonds. The third-order valence-corrected chi connectivity index (χ3v) is 7.72. The first-order valence-corrected chi connectivity index (χ1v) is 13.1. The summed E-state index contributed by atoms with van der Waals surface area (Å²) in [4.78, 5) is 38.2. The molecule has 5 rings (SSSR count). The molecule has 12 heteroatoms. The molecule has 0 bridgehead atoms. The SMILES string of the molecule is CN1CCN(C(=O)CCCC(=O)c2ccc3c(c2)nc(Nc2nc4ccc(C(F)(F)F)cc4s2)n3C)CC1. The van der Waals surface area contributed by atoms with Crippen molar-refractivity contribution in [3.8, 4) is 0 Å². The zero-order chi connectivity index (χ0) is 27.0. The highest BCUT2D eigenvalue weighted by Crippen LogP contribution is 2.35. The molecule has 38 heavy (non-hydrogen) atoms. The fourth-order valence-corrected chi connectivity index (χ4v) is 5.39. The van der Waals surface area contributed by atoms with Crippen molar-refractivity contribution in [3.05, 3.63) is 47.5 Å². The van der Waals surface area contributed by atoms with Crippen LogP contribution in [0.4, 0.5) is 24.3 Å². The molecule has 8 nitrogen and oxygen atoms in total. The van der Waals surface area contributed by atoms with Gasteiger partial charge in [0, 0.05) is 51.6 Å². The Morgan fingerprint density at radius 1 is 0.974 bits per heavy atom. The summed E-state index contributed by atoms with van der Waals surface area (Å²) >= 11 is 1.11. The van der Waals surface area contributed by atoms with Crippen molar-refractivity contribution in [1.29, 1.82) is 0 Å². The van der Waals surface area contributed by atoms with Gasteiger partial charge in [-0.1, -0.05) is 11.3 Å². The first-order valence-electron chi connectivity index (χ1n) is 12.3. The number of halogens is 3. The van der Waals surface area contributed by atoms with E-state index in [9.17, 15) is 22.8 Å². The molecule has 0 aliphatic carbocycles. The number of alkyl halides is 3. The lowest BCUT2D eigenvalue weighted by Crippen LogP contribution is -2.47. The highest BCUT2D eigenvalue weighted by molar-refractivity contribution is 7.22. The lowest BCUT2D eigenvalue weighted by Gasteiger charge is -2.32. The molecule has 1 aliphatic heterocycles. The van der Waals surface area contributed by atoms with Crippen LogP contribution in [0, 0.1) is 0 Å². The number of hydrogen-bond donors (Lipinski definition) is 1. The average Bonchev–Trinajstić information content (AvgIpc) is 3.43. The van der Waals surface area contributed by atoms with E-state index in [1.54, 1.807) is 23.7 Å². The smallest absolute Gasteiger partial charge is 0.340 e. The van der Waals surface area contributed by atoms with Gasteiger partial charge < -0.3 is 19.7 Å². The number of thiazole rings is 1.